The zero-order chi connectivity index (χ0) is 22.0. The van der Waals surface area contributed by atoms with Crippen LogP contribution in [0.15, 0.2) is 34.2 Å². The molecule has 2 heterocycles. The quantitative estimate of drug-likeness (QED) is 0.442. The van der Waals surface area contributed by atoms with Gasteiger partial charge in [-0.15, -0.1) is 11.3 Å². The maximum Gasteiger partial charge on any atom is 0.263 e. The van der Waals surface area contributed by atoms with Crippen molar-refractivity contribution in [1.29, 1.82) is 5.26 Å². The Morgan fingerprint density at radius 1 is 1.39 bits per heavy atom. The van der Waals surface area contributed by atoms with E-state index in [0.717, 1.165) is 35.0 Å². The number of hydrogen-bond donors (Lipinski definition) is 1. The molecule has 0 saturated carbocycles. The van der Waals surface area contributed by atoms with Crippen molar-refractivity contribution in [2.24, 2.45) is 5.92 Å². The summed E-state index contributed by atoms with van der Waals surface area (Å²) in [7, 11) is 0. The molecule has 1 unspecified atom stereocenters. The predicted molar refractivity (Wildman–Crippen MR) is 126 cm³/mol. The third-order valence-corrected chi connectivity index (χ3v) is 7.67. The van der Waals surface area contributed by atoms with E-state index in [0.29, 0.717) is 29.7 Å². The molecule has 160 valence electrons. The summed E-state index contributed by atoms with van der Waals surface area (Å²) in [4.78, 5) is 32.5. The lowest BCUT2D eigenvalue weighted by molar-refractivity contribution is -0.113. The summed E-state index contributed by atoms with van der Waals surface area (Å²) >= 11 is 2.92. The molecule has 6 nitrogen and oxygen atoms in total. The molecule has 1 amide bonds. The van der Waals surface area contributed by atoms with Crippen molar-refractivity contribution in [3.05, 3.63) is 50.6 Å². The van der Waals surface area contributed by atoms with Gasteiger partial charge in [-0.2, -0.15) is 5.26 Å². The van der Waals surface area contributed by atoms with Crippen LogP contribution in [0.3, 0.4) is 0 Å². The fraction of sp³-hybridized carbons (Fsp3) is 0.391. The summed E-state index contributed by atoms with van der Waals surface area (Å²) in [6, 6.07) is 9.34. The van der Waals surface area contributed by atoms with Gasteiger partial charge in [-0.25, -0.2) is 4.98 Å². The van der Waals surface area contributed by atoms with E-state index >= 15 is 0 Å². The summed E-state index contributed by atoms with van der Waals surface area (Å²) in [5.74, 6) is 0.648. The molecule has 3 aromatic rings. The van der Waals surface area contributed by atoms with Gasteiger partial charge in [0.05, 0.1) is 23.6 Å². The van der Waals surface area contributed by atoms with Crippen LogP contribution in [0, 0.1) is 17.2 Å². The van der Waals surface area contributed by atoms with Crippen molar-refractivity contribution in [2.45, 2.75) is 51.2 Å². The van der Waals surface area contributed by atoms with E-state index in [9.17, 15) is 9.59 Å². The number of thioether (sulfide) groups is 1. The van der Waals surface area contributed by atoms with Gasteiger partial charge in [-0.1, -0.05) is 30.8 Å². The number of carbonyl (C=O) groups is 1. The van der Waals surface area contributed by atoms with Crippen molar-refractivity contribution in [1.82, 2.24) is 9.55 Å². The zero-order valence-corrected chi connectivity index (χ0v) is 19.2. The second kappa shape index (κ2) is 9.25. The monoisotopic (exact) mass is 452 g/mol. The Morgan fingerprint density at radius 3 is 2.87 bits per heavy atom. The number of amides is 1. The van der Waals surface area contributed by atoms with Crippen LogP contribution in [-0.2, 0) is 30.6 Å². The highest BCUT2D eigenvalue weighted by atomic mass is 32.2. The molecular weight excluding hydrogens is 428 g/mol. The smallest absolute Gasteiger partial charge is 0.263 e. The average Bonchev–Trinajstić information content (AvgIpc) is 3.11. The number of benzene rings is 1. The number of fused-ring (bicyclic) bond motifs is 3. The number of nitriles is 1. The minimum absolute atomic E-state index is 0.00976. The van der Waals surface area contributed by atoms with E-state index in [2.05, 4.69) is 18.3 Å². The summed E-state index contributed by atoms with van der Waals surface area (Å²) in [6.45, 7) is 4.71. The zero-order valence-electron chi connectivity index (χ0n) is 17.6. The average molecular weight is 453 g/mol. The standard InChI is InChI=1S/C23H24N4O2S2/c1-3-27-22(29)20-17-9-4-14(2)12-18(17)31-21(20)26-23(27)30-13-19(28)25-16-7-5-15(6-8-16)10-11-24/h5-8,14H,3-4,9-10,12-13H2,1-2H3,(H,25,28). The number of hydrogen-bond acceptors (Lipinski definition) is 6. The highest BCUT2D eigenvalue weighted by molar-refractivity contribution is 7.99. The van der Waals surface area contributed by atoms with Gasteiger partial charge in [-0.05, 0) is 55.4 Å². The molecule has 0 spiro atoms. The first-order valence-electron chi connectivity index (χ1n) is 10.4. The largest absolute Gasteiger partial charge is 0.325 e. The lowest BCUT2D eigenvalue weighted by atomic mass is 9.89. The number of anilines is 1. The highest BCUT2D eigenvalue weighted by Gasteiger charge is 2.24. The van der Waals surface area contributed by atoms with Crippen molar-refractivity contribution in [2.75, 3.05) is 11.1 Å². The third kappa shape index (κ3) is 4.53. The molecule has 1 aliphatic rings. The summed E-state index contributed by atoms with van der Waals surface area (Å²) in [5.41, 5.74) is 2.79. The van der Waals surface area contributed by atoms with Crippen LogP contribution in [0.2, 0.25) is 0 Å². The molecule has 1 aliphatic carbocycles. The second-order valence-corrected chi connectivity index (χ2v) is 9.87. The Kier molecular flexibility index (Phi) is 6.44. The first-order chi connectivity index (χ1) is 15.0. The van der Waals surface area contributed by atoms with Crippen LogP contribution in [0.25, 0.3) is 10.2 Å². The first kappa shape index (κ1) is 21.6. The van der Waals surface area contributed by atoms with Crippen LogP contribution in [-0.4, -0.2) is 21.2 Å². The van der Waals surface area contributed by atoms with E-state index in [1.54, 1.807) is 28.0 Å². The van der Waals surface area contributed by atoms with Gasteiger partial charge in [-0.3, -0.25) is 14.2 Å². The Morgan fingerprint density at radius 2 is 2.16 bits per heavy atom. The van der Waals surface area contributed by atoms with E-state index < -0.39 is 0 Å². The summed E-state index contributed by atoms with van der Waals surface area (Å²) < 4.78 is 1.68. The normalized spacial score (nSPS) is 15.5. The van der Waals surface area contributed by atoms with E-state index in [-0.39, 0.29) is 17.2 Å². The molecule has 8 heteroatoms. The molecular formula is C23H24N4O2S2. The van der Waals surface area contributed by atoms with Gasteiger partial charge in [0.15, 0.2) is 5.16 Å². The van der Waals surface area contributed by atoms with Crippen molar-refractivity contribution < 1.29 is 4.79 Å². The number of rotatable bonds is 6. The molecule has 2 aromatic heterocycles. The molecule has 0 saturated heterocycles. The molecule has 0 fully saturated rings. The van der Waals surface area contributed by atoms with Crippen LogP contribution >= 0.6 is 23.1 Å². The Labute approximate surface area is 189 Å². The van der Waals surface area contributed by atoms with Gasteiger partial charge in [0.2, 0.25) is 5.91 Å². The molecule has 1 aromatic carbocycles. The van der Waals surface area contributed by atoms with Gasteiger partial charge in [0.1, 0.15) is 4.83 Å². The van der Waals surface area contributed by atoms with Gasteiger partial charge in [0, 0.05) is 17.1 Å². The molecule has 1 N–H and O–H groups in total. The number of aryl methyl sites for hydroxylation is 1. The Bertz CT molecular complexity index is 1220. The Hall–Kier alpha value is -2.63. The van der Waals surface area contributed by atoms with Gasteiger partial charge >= 0.3 is 0 Å². The van der Waals surface area contributed by atoms with Crippen molar-refractivity contribution >= 4 is 44.9 Å². The lowest BCUT2D eigenvalue weighted by Gasteiger charge is -2.17. The van der Waals surface area contributed by atoms with E-state index in [1.165, 1.54) is 22.2 Å². The van der Waals surface area contributed by atoms with Crippen LogP contribution in [0.4, 0.5) is 5.69 Å². The van der Waals surface area contributed by atoms with Crippen LogP contribution in [0.5, 0.6) is 0 Å². The maximum atomic E-state index is 13.2. The second-order valence-electron chi connectivity index (χ2n) is 7.84. The Balaban J connectivity index is 1.52. The number of nitrogens with zero attached hydrogens (tertiary/aromatic N) is 3. The first-order valence-corrected chi connectivity index (χ1v) is 12.2. The van der Waals surface area contributed by atoms with Crippen molar-refractivity contribution in [3.8, 4) is 6.07 Å². The minimum Gasteiger partial charge on any atom is -0.325 e. The molecule has 0 bridgehead atoms. The van der Waals surface area contributed by atoms with Crippen molar-refractivity contribution in [3.63, 3.8) is 0 Å². The number of carbonyl (C=O) groups excluding carboxylic acids is 1. The minimum atomic E-state index is -0.158. The summed E-state index contributed by atoms with van der Waals surface area (Å²) in [6.07, 6.45) is 3.41. The number of nitrogens with one attached hydrogen (secondary N) is 1. The fourth-order valence-electron chi connectivity index (χ4n) is 3.92. The van der Waals surface area contributed by atoms with E-state index in [1.807, 2.05) is 19.1 Å². The molecule has 1 atom stereocenters. The molecule has 4 rings (SSSR count). The van der Waals surface area contributed by atoms with Crippen LogP contribution in [0.1, 0.15) is 36.3 Å². The molecule has 0 aliphatic heterocycles. The molecule has 0 radical (unpaired) electrons. The van der Waals surface area contributed by atoms with Crippen LogP contribution < -0.4 is 10.9 Å². The third-order valence-electron chi connectivity index (χ3n) is 5.55. The highest BCUT2D eigenvalue weighted by Crippen LogP contribution is 2.36. The topological polar surface area (TPSA) is 87.8 Å². The van der Waals surface area contributed by atoms with Gasteiger partial charge < -0.3 is 5.32 Å². The fourth-order valence-corrected chi connectivity index (χ4v) is 6.21. The van der Waals surface area contributed by atoms with Gasteiger partial charge in [0.25, 0.3) is 5.56 Å². The predicted octanol–water partition coefficient (Wildman–Crippen LogP) is 4.40. The number of aromatic nitrogens is 2. The summed E-state index contributed by atoms with van der Waals surface area (Å²) in [5, 5.41) is 13.0. The lowest BCUT2D eigenvalue weighted by Crippen LogP contribution is -2.24. The number of thiophene rings is 1. The maximum absolute atomic E-state index is 13.2. The van der Waals surface area contributed by atoms with E-state index in [4.69, 9.17) is 10.2 Å². The molecule has 31 heavy (non-hydrogen) atoms. The SMILES string of the molecule is CCn1c(SCC(=O)Nc2ccc(CC#N)cc2)nc2sc3c(c2c1=O)CCC(C)C3.